The number of nitro benzene ring substituents is 1. The molecule has 1 aromatic carbocycles. The standard InChI is InChI=1S/C11H11N3O4/c1-7(11(15)13-2)18-10-4-3-8(6-12)5-9(10)14(16)17/h3-5,7H,1-2H3,(H,13,15). The van der Waals surface area contributed by atoms with E-state index in [4.69, 9.17) is 10.00 Å². The fraction of sp³-hybridized carbons (Fsp3) is 0.273. The molecule has 1 atom stereocenters. The number of benzene rings is 1. The van der Waals surface area contributed by atoms with Gasteiger partial charge in [0.1, 0.15) is 0 Å². The van der Waals surface area contributed by atoms with E-state index >= 15 is 0 Å². The molecule has 1 aromatic rings. The van der Waals surface area contributed by atoms with Crippen molar-refractivity contribution in [2.45, 2.75) is 13.0 Å². The minimum absolute atomic E-state index is 0.0462. The first kappa shape index (κ1) is 13.4. The molecule has 0 fully saturated rings. The Bertz CT molecular complexity index is 522. The molecule has 0 aliphatic carbocycles. The van der Waals surface area contributed by atoms with Crippen molar-refractivity contribution in [3.63, 3.8) is 0 Å². The van der Waals surface area contributed by atoms with Crippen LogP contribution in [0.25, 0.3) is 0 Å². The Balaban J connectivity index is 3.06. The van der Waals surface area contributed by atoms with Crippen molar-refractivity contribution in [2.24, 2.45) is 0 Å². The van der Waals surface area contributed by atoms with Gasteiger partial charge in [0.2, 0.25) is 0 Å². The van der Waals surface area contributed by atoms with Crippen molar-refractivity contribution in [2.75, 3.05) is 7.05 Å². The lowest BCUT2D eigenvalue weighted by Crippen LogP contribution is -2.33. The number of nitrogens with one attached hydrogen (secondary N) is 1. The molecule has 0 spiro atoms. The number of nitro groups is 1. The van der Waals surface area contributed by atoms with Crippen LogP contribution in [0.15, 0.2) is 18.2 Å². The molecule has 0 radical (unpaired) electrons. The van der Waals surface area contributed by atoms with Crippen LogP contribution >= 0.6 is 0 Å². The molecular formula is C11H11N3O4. The Labute approximate surface area is 103 Å². The summed E-state index contributed by atoms with van der Waals surface area (Å²) in [5.74, 6) is -0.441. The summed E-state index contributed by atoms with van der Waals surface area (Å²) in [5, 5.41) is 21.9. The van der Waals surface area contributed by atoms with Crippen molar-refractivity contribution in [3.05, 3.63) is 33.9 Å². The zero-order chi connectivity index (χ0) is 13.7. The van der Waals surface area contributed by atoms with Gasteiger partial charge in [-0.05, 0) is 19.1 Å². The second kappa shape index (κ2) is 5.63. The van der Waals surface area contributed by atoms with Crippen LogP contribution < -0.4 is 10.1 Å². The van der Waals surface area contributed by atoms with Gasteiger partial charge in [0.25, 0.3) is 5.91 Å². The highest BCUT2D eigenvalue weighted by Crippen LogP contribution is 2.28. The van der Waals surface area contributed by atoms with E-state index in [1.165, 1.54) is 26.1 Å². The zero-order valence-electron chi connectivity index (χ0n) is 9.84. The summed E-state index contributed by atoms with van der Waals surface area (Å²) >= 11 is 0. The minimum Gasteiger partial charge on any atom is -0.474 e. The van der Waals surface area contributed by atoms with Gasteiger partial charge in [-0.25, -0.2) is 0 Å². The fourth-order valence-corrected chi connectivity index (χ4v) is 1.28. The highest BCUT2D eigenvalue weighted by atomic mass is 16.6. The lowest BCUT2D eigenvalue weighted by molar-refractivity contribution is -0.386. The van der Waals surface area contributed by atoms with E-state index in [2.05, 4.69) is 5.32 Å². The molecule has 1 unspecified atom stereocenters. The number of nitrogens with zero attached hydrogens (tertiary/aromatic N) is 2. The molecule has 1 amide bonds. The Morgan fingerprint density at radius 1 is 1.61 bits per heavy atom. The molecule has 0 aromatic heterocycles. The van der Waals surface area contributed by atoms with Crippen LogP contribution in [0.3, 0.4) is 0 Å². The summed E-state index contributed by atoms with van der Waals surface area (Å²) in [6, 6.07) is 5.59. The molecule has 0 bridgehead atoms. The number of carbonyl (C=O) groups is 1. The Hall–Kier alpha value is -2.62. The van der Waals surface area contributed by atoms with Crippen molar-refractivity contribution in [1.82, 2.24) is 5.32 Å². The molecule has 1 rings (SSSR count). The zero-order valence-corrected chi connectivity index (χ0v) is 9.84. The van der Waals surface area contributed by atoms with Gasteiger partial charge in [0.05, 0.1) is 16.6 Å². The highest BCUT2D eigenvalue weighted by Gasteiger charge is 2.20. The number of rotatable bonds is 4. The van der Waals surface area contributed by atoms with Crippen LogP contribution in [0.1, 0.15) is 12.5 Å². The second-order valence-electron chi connectivity index (χ2n) is 3.43. The maximum absolute atomic E-state index is 11.3. The van der Waals surface area contributed by atoms with Crippen LogP contribution in [0.4, 0.5) is 5.69 Å². The predicted octanol–water partition coefficient (Wildman–Crippen LogP) is 0.980. The van der Waals surface area contributed by atoms with Gasteiger partial charge >= 0.3 is 5.69 Å². The third-order valence-corrected chi connectivity index (χ3v) is 2.20. The van der Waals surface area contributed by atoms with Crippen molar-refractivity contribution in [1.29, 1.82) is 5.26 Å². The molecule has 7 heteroatoms. The quantitative estimate of drug-likeness (QED) is 0.632. The van der Waals surface area contributed by atoms with Gasteiger partial charge < -0.3 is 10.1 Å². The van der Waals surface area contributed by atoms with E-state index in [-0.39, 0.29) is 17.0 Å². The highest BCUT2D eigenvalue weighted by molar-refractivity contribution is 5.80. The maximum atomic E-state index is 11.3. The van der Waals surface area contributed by atoms with Gasteiger partial charge in [-0.1, -0.05) is 0 Å². The number of likely N-dealkylation sites (N-methyl/N-ethyl adjacent to an activating group) is 1. The molecule has 7 nitrogen and oxygen atoms in total. The smallest absolute Gasteiger partial charge is 0.312 e. The molecule has 0 saturated heterocycles. The molecular weight excluding hydrogens is 238 g/mol. The summed E-state index contributed by atoms with van der Waals surface area (Å²) in [7, 11) is 1.44. The topological polar surface area (TPSA) is 105 Å². The lowest BCUT2D eigenvalue weighted by atomic mass is 10.2. The number of nitriles is 1. The normalized spacial score (nSPS) is 11.2. The molecule has 0 aliphatic rings. The summed E-state index contributed by atoms with van der Waals surface area (Å²) < 4.78 is 5.20. The van der Waals surface area contributed by atoms with Gasteiger partial charge in [-0.3, -0.25) is 14.9 Å². The van der Waals surface area contributed by atoms with Crippen LogP contribution in [0.5, 0.6) is 5.75 Å². The number of amides is 1. The van der Waals surface area contributed by atoms with Crippen LogP contribution in [0.2, 0.25) is 0 Å². The fourth-order valence-electron chi connectivity index (χ4n) is 1.28. The molecule has 0 heterocycles. The first-order valence-electron chi connectivity index (χ1n) is 5.06. The Kier molecular flexibility index (Phi) is 4.21. The summed E-state index contributed by atoms with van der Waals surface area (Å²) in [6.07, 6.45) is -0.860. The van der Waals surface area contributed by atoms with E-state index in [1.54, 1.807) is 6.07 Å². The molecule has 18 heavy (non-hydrogen) atoms. The lowest BCUT2D eigenvalue weighted by Gasteiger charge is -2.13. The van der Waals surface area contributed by atoms with E-state index in [1.807, 2.05) is 0 Å². The number of hydrogen-bond donors (Lipinski definition) is 1. The van der Waals surface area contributed by atoms with Gasteiger partial charge in [0, 0.05) is 13.1 Å². The summed E-state index contributed by atoms with van der Waals surface area (Å²) in [4.78, 5) is 21.4. The summed E-state index contributed by atoms with van der Waals surface area (Å²) in [5.41, 5.74) is -0.188. The van der Waals surface area contributed by atoms with Gasteiger partial charge in [0.15, 0.2) is 11.9 Å². The van der Waals surface area contributed by atoms with E-state index in [0.29, 0.717) is 0 Å². The van der Waals surface area contributed by atoms with Crippen molar-refractivity contribution < 1.29 is 14.5 Å². The largest absolute Gasteiger partial charge is 0.474 e. The van der Waals surface area contributed by atoms with Gasteiger partial charge in [-0.2, -0.15) is 5.26 Å². The predicted molar refractivity (Wildman–Crippen MR) is 62.0 cm³/mol. The second-order valence-corrected chi connectivity index (χ2v) is 3.43. The maximum Gasteiger partial charge on any atom is 0.312 e. The first-order valence-corrected chi connectivity index (χ1v) is 5.06. The average molecular weight is 249 g/mol. The van der Waals surface area contributed by atoms with Crippen molar-refractivity contribution in [3.8, 4) is 11.8 Å². The Morgan fingerprint density at radius 2 is 2.28 bits per heavy atom. The van der Waals surface area contributed by atoms with Gasteiger partial charge in [-0.15, -0.1) is 0 Å². The first-order chi connectivity index (χ1) is 8.49. The molecule has 94 valence electrons. The SMILES string of the molecule is CNC(=O)C(C)Oc1ccc(C#N)cc1[N+](=O)[O-]. The van der Waals surface area contributed by atoms with E-state index < -0.39 is 16.9 Å². The minimum atomic E-state index is -0.860. The number of carbonyl (C=O) groups excluding carboxylic acids is 1. The monoisotopic (exact) mass is 249 g/mol. The van der Waals surface area contributed by atoms with Crippen LogP contribution in [0, 0.1) is 21.4 Å². The van der Waals surface area contributed by atoms with E-state index in [0.717, 1.165) is 6.07 Å². The molecule has 0 saturated carbocycles. The third kappa shape index (κ3) is 2.95. The third-order valence-electron chi connectivity index (χ3n) is 2.20. The molecule has 1 N–H and O–H groups in total. The Morgan fingerprint density at radius 3 is 2.78 bits per heavy atom. The summed E-state index contributed by atoms with van der Waals surface area (Å²) in [6.45, 7) is 1.47. The van der Waals surface area contributed by atoms with Crippen LogP contribution in [-0.4, -0.2) is 24.0 Å². The van der Waals surface area contributed by atoms with Crippen LogP contribution in [-0.2, 0) is 4.79 Å². The number of hydrogen-bond acceptors (Lipinski definition) is 5. The van der Waals surface area contributed by atoms with Crippen molar-refractivity contribution >= 4 is 11.6 Å². The average Bonchev–Trinajstić information content (AvgIpc) is 2.37. The van der Waals surface area contributed by atoms with E-state index in [9.17, 15) is 14.9 Å². The number of ether oxygens (including phenoxy) is 1. The molecule has 0 aliphatic heterocycles.